The first kappa shape index (κ1) is 12.1. The van der Waals surface area contributed by atoms with E-state index in [4.69, 9.17) is 0 Å². The van der Waals surface area contributed by atoms with Gasteiger partial charge < -0.3 is 5.32 Å². The molecule has 0 unspecified atom stereocenters. The Bertz CT molecular complexity index is 498. The SMILES string of the molecule is O=C(CSC1=Nc2ccccc2CS1)NC1CC1. The molecule has 1 aliphatic heterocycles. The molecule has 3 nitrogen and oxygen atoms in total. The highest BCUT2D eigenvalue weighted by Gasteiger charge is 2.23. The quantitative estimate of drug-likeness (QED) is 0.924. The van der Waals surface area contributed by atoms with Gasteiger partial charge in [0.05, 0.1) is 11.4 Å². The smallest absolute Gasteiger partial charge is 0.230 e. The van der Waals surface area contributed by atoms with Gasteiger partial charge in [0.15, 0.2) is 0 Å². The minimum atomic E-state index is 0.129. The second kappa shape index (κ2) is 5.36. The number of aliphatic imine (C=N–C) groups is 1. The van der Waals surface area contributed by atoms with Gasteiger partial charge in [-0.25, -0.2) is 4.99 Å². The Morgan fingerprint density at radius 2 is 2.28 bits per heavy atom. The normalized spacial score (nSPS) is 17.9. The van der Waals surface area contributed by atoms with Crippen LogP contribution in [0, 0.1) is 0 Å². The lowest BCUT2D eigenvalue weighted by atomic mass is 10.2. The molecule has 0 atom stereocenters. The highest BCUT2D eigenvalue weighted by atomic mass is 32.2. The molecule has 1 saturated carbocycles. The number of nitrogens with zero attached hydrogens (tertiary/aromatic N) is 1. The lowest BCUT2D eigenvalue weighted by Crippen LogP contribution is -2.27. The lowest BCUT2D eigenvalue weighted by Gasteiger charge is -2.13. The summed E-state index contributed by atoms with van der Waals surface area (Å²) in [6.07, 6.45) is 2.28. The fourth-order valence-electron chi connectivity index (χ4n) is 1.71. The largest absolute Gasteiger partial charge is 0.353 e. The van der Waals surface area contributed by atoms with Crippen LogP contribution >= 0.6 is 23.5 Å². The summed E-state index contributed by atoms with van der Waals surface area (Å²) in [4.78, 5) is 16.2. The average Bonchev–Trinajstić information content (AvgIpc) is 3.20. The van der Waals surface area contributed by atoms with Crippen molar-refractivity contribution < 1.29 is 4.79 Å². The summed E-state index contributed by atoms with van der Waals surface area (Å²) in [6.45, 7) is 0. The van der Waals surface area contributed by atoms with Crippen molar-refractivity contribution in [2.24, 2.45) is 4.99 Å². The maximum Gasteiger partial charge on any atom is 0.230 e. The van der Waals surface area contributed by atoms with E-state index in [0.717, 1.165) is 28.7 Å². The number of para-hydroxylation sites is 1. The fraction of sp³-hybridized carbons (Fsp3) is 0.385. The molecule has 0 spiro atoms. The van der Waals surface area contributed by atoms with E-state index in [1.807, 2.05) is 18.2 Å². The van der Waals surface area contributed by atoms with Crippen molar-refractivity contribution in [3.63, 3.8) is 0 Å². The van der Waals surface area contributed by atoms with Gasteiger partial charge in [-0.05, 0) is 24.5 Å². The molecule has 1 aromatic rings. The lowest BCUT2D eigenvalue weighted by molar-refractivity contribution is -0.118. The molecule has 18 heavy (non-hydrogen) atoms. The molecule has 1 amide bonds. The van der Waals surface area contributed by atoms with Crippen LogP contribution in [0.4, 0.5) is 5.69 Å². The van der Waals surface area contributed by atoms with E-state index in [2.05, 4.69) is 16.4 Å². The van der Waals surface area contributed by atoms with E-state index in [1.165, 1.54) is 17.3 Å². The van der Waals surface area contributed by atoms with E-state index < -0.39 is 0 Å². The molecule has 2 aliphatic rings. The molecule has 0 aromatic heterocycles. The predicted octanol–water partition coefficient (Wildman–Crippen LogP) is 2.93. The maximum atomic E-state index is 11.6. The first-order valence-corrected chi connectivity index (χ1v) is 8.00. The summed E-state index contributed by atoms with van der Waals surface area (Å²) in [5, 5.41) is 2.99. The highest BCUT2D eigenvalue weighted by Crippen LogP contribution is 2.34. The van der Waals surface area contributed by atoms with E-state index >= 15 is 0 Å². The van der Waals surface area contributed by atoms with Crippen LogP contribution in [-0.2, 0) is 10.5 Å². The van der Waals surface area contributed by atoms with E-state index in [0.29, 0.717) is 11.8 Å². The minimum absolute atomic E-state index is 0.129. The van der Waals surface area contributed by atoms with Crippen LogP contribution in [0.25, 0.3) is 0 Å². The molecule has 1 heterocycles. The van der Waals surface area contributed by atoms with Crippen molar-refractivity contribution in [1.29, 1.82) is 0 Å². The van der Waals surface area contributed by atoms with Gasteiger partial charge in [-0.1, -0.05) is 41.7 Å². The first-order valence-electron chi connectivity index (χ1n) is 6.03. The van der Waals surface area contributed by atoms with Gasteiger partial charge in [0.1, 0.15) is 4.38 Å². The van der Waals surface area contributed by atoms with Crippen LogP contribution in [0.3, 0.4) is 0 Å². The zero-order valence-corrected chi connectivity index (χ0v) is 11.5. The van der Waals surface area contributed by atoms with Crippen LogP contribution in [0.5, 0.6) is 0 Å². The zero-order chi connectivity index (χ0) is 12.4. The number of nitrogens with one attached hydrogen (secondary N) is 1. The van der Waals surface area contributed by atoms with E-state index in [1.54, 1.807) is 11.8 Å². The molecule has 94 valence electrons. The first-order chi connectivity index (χ1) is 8.81. The average molecular weight is 278 g/mol. The second-order valence-electron chi connectivity index (χ2n) is 4.43. The van der Waals surface area contributed by atoms with Crippen LogP contribution in [0.1, 0.15) is 18.4 Å². The number of rotatable bonds is 3. The Morgan fingerprint density at radius 3 is 3.11 bits per heavy atom. The number of fused-ring (bicyclic) bond motifs is 1. The Labute approximate surface area is 115 Å². The van der Waals surface area contributed by atoms with Crippen molar-refractivity contribution in [3.05, 3.63) is 29.8 Å². The Balaban J connectivity index is 1.57. The fourth-order valence-corrected chi connectivity index (χ4v) is 3.58. The molecule has 1 fully saturated rings. The second-order valence-corrected chi connectivity index (χ2v) is 6.61. The number of carbonyl (C=O) groups excluding carboxylic acids is 1. The summed E-state index contributed by atoms with van der Waals surface area (Å²) in [6, 6.07) is 8.61. The molecule has 0 radical (unpaired) electrons. The molecule has 1 aliphatic carbocycles. The zero-order valence-electron chi connectivity index (χ0n) is 9.89. The van der Waals surface area contributed by atoms with Crippen LogP contribution < -0.4 is 5.32 Å². The summed E-state index contributed by atoms with van der Waals surface area (Å²) in [5.74, 6) is 1.56. The molecule has 0 bridgehead atoms. The predicted molar refractivity (Wildman–Crippen MR) is 78.5 cm³/mol. The van der Waals surface area contributed by atoms with Gasteiger partial charge in [0.25, 0.3) is 0 Å². The maximum absolute atomic E-state index is 11.6. The van der Waals surface area contributed by atoms with Crippen molar-refractivity contribution in [3.8, 4) is 0 Å². The monoisotopic (exact) mass is 278 g/mol. The van der Waals surface area contributed by atoms with Crippen LogP contribution in [-0.4, -0.2) is 22.1 Å². The van der Waals surface area contributed by atoms with Gasteiger partial charge in [-0.2, -0.15) is 0 Å². The summed E-state index contributed by atoms with van der Waals surface area (Å²) in [5.41, 5.74) is 2.32. The molecule has 3 rings (SSSR count). The van der Waals surface area contributed by atoms with Crippen molar-refractivity contribution in [1.82, 2.24) is 5.32 Å². The molecule has 0 saturated heterocycles. The Hall–Kier alpha value is -0.940. The third-order valence-corrected chi connectivity index (χ3v) is 5.07. The molecule has 1 aromatic carbocycles. The van der Waals surface area contributed by atoms with Crippen LogP contribution in [0.15, 0.2) is 29.3 Å². The van der Waals surface area contributed by atoms with E-state index in [-0.39, 0.29) is 5.91 Å². The van der Waals surface area contributed by atoms with Gasteiger partial charge in [-0.3, -0.25) is 4.79 Å². The summed E-state index contributed by atoms with van der Waals surface area (Å²) >= 11 is 3.26. The number of amides is 1. The molecular weight excluding hydrogens is 264 g/mol. The van der Waals surface area contributed by atoms with Crippen LogP contribution in [0.2, 0.25) is 0 Å². The molecular formula is C13H14N2OS2. The third-order valence-electron chi connectivity index (χ3n) is 2.82. The van der Waals surface area contributed by atoms with Gasteiger partial charge in [0.2, 0.25) is 5.91 Å². The Kier molecular flexibility index (Phi) is 3.61. The highest BCUT2D eigenvalue weighted by molar-refractivity contribution is 8.38. The van der Waals surface area contributed by atoms with E-state index in [9.17, 15) is 4.79 Å². The van der Waals surface area contributed by atoms with Crippen molar-refractivity contribution in [2.75, 3.05) is 5.75 Å². The molecule has 5 heteroatoms. The van der Waals surface area contributed by atoms with Gasteiger partial charge >= 0.3 is 0 Å². The standard InChI is InChI=1S/C13H14N2OS2/c16-12(14-10-5-6-10)8-18-13-15-11-4-2-1-3-9(11)7-17-13/h1-4,10H,5-8H2,(H,14,16). The third kappa shape index (κ3) is 3.09. The number of benzene rings is 1. The van der Waals surface area contributed by atoms with Crippen molar-refractivity contribution in [2.45, 2.75) is 24.6 Å². The molecule has 1 N–H and O–H groups in total. The number of carbonyl (C=O) groups is 1. The number of hydrogen-bond acceptors (Lipinski definition) is 4. The van der Waals surface area contributed by atoms with Gasteiger partial charge in [-0.15, -0.1) is 0 Å². The summed E-state index contributed by atoms with van der Waals surface area (Å²) < 4.78 is 1.000. The van der Waals surface area contributed by atoms with Crippen molar-refractivity contribution >= 4 is 39.5 Å². The minimum Gasteiger partial charge on any atom is -0.353 e. The summed E-state index contributed by atoms with van der Waals surface area (Å²) in [7, 11) is 0. The number of hydrogen-bond donors (Lipinski definition) is 1. The van der Waals surface area contributed by atoms with Gasteiger partial charge in [0, 0.05) is 11.8 Å². The topological polar surface area (TPSA) is 41.5 Å². The Morgan fingerprint density at radius 1 is 1.44 bits per heavy atom. The number of thioether (sulfide) groups is 2.